The summed E-state index contributed by atoms with van der Waals surface area (Å²) in [5, 5.41) is 0. The van der Waals surface area contributed by atoms with E-state index in [1.165, 1.54) is 44.1 Å². The van der Waals surface area contributed by atoms with Crippen LogP contribution in [0.15, 0.2) is 54.6 Å². The highest BCUT2D eigenvalue weighted by atomic mass is 16.5. The van der Waals surface area contributed by atoms with Crippen LogP contribution >= 0.6 is 0 Å². The van der Waals surface area contributed by atoms with E-state index in [2.05, 4.69) is 12.1 Å². The van der Waals surface area contributed by atoms with E-state index in [-0.39, 0.29) is 5.41 Å². The molecule has 176 valence electrons. The van der Waals surface area contributed by atoms with E-state index < -0.39 is 0 Å². The van der Waals surface area contributed by atoms with Crippen molar-refractivity contribution in [3.8, 4) is 23.0 Å². The maximum Gasteiger partial charge on any atom is 0.173 e. The van der Waals surface area contributed by atoms with Crippen molar-refractivity contribution in [2.45, 2.75) is 43.9 Å². The van der Waals surface area contributed by atoms with Gasteiger partial charge in [-0.15, -0.1) is 0 Å². The standard InChI is InChI=1S/C28H32N4O2/c29-19-4-6-24(22(31)11-19)33-26-3-1-2-21(27(26)34-25-7-5-20(30)12-23(25)32)28-13-16-8-17(14-28)10-18(9-16)15-28/h1-7,11-12,16-18H,8-10,13-15,29-32H2. The lowest BCUT2D eigenvalue weighted by molar-refractivity contribution is -0.00608. The molecule has 6 nitrogen and oxygen atoms in total. The number of rotatable bonds is 5. The number of benzene rings is 3. The fraction of sp³-hybridized carbons (Fsp3) is 0.357. The van der Waals surface area contributed by atoms with Crippen LogP contribution in [0.3, 0.4) is 0 Å². The van der Waals surface area contributed by atoms with Crippen molar-refractivity contribution in [3.05, 3.63) is 60.2 Å². The van der Waals surface area contributed by atoms with Gasteiger partial charge in [-0.25, -0.2) is 0 Å². The molecule has 6 heteroatoms. The Morgan fingerprint density at radius 2 is 1.15 bits per heavy atom. The molecule has 8 N–H and O–H groups in total. The first-order valence-electron chi connectivity index (χ1n) is 12.2. The summed E-state index contributed by atoms with van der Waals surface area (Å²) in [6.45, 7) is 0. The van der Waals surface area contributed by atoms with E-state index in [4.69, 9.17) is 32.4 Å². The average Bonchev–Trinajstić information content (AvgIpc) is 2.77. The molecule has 0 amide bonds. The molecule has 0 heterocycles. The number of ether oxygens (including phenoxy) is 2. The molecule has 3 aromatic carbocycles. The Balaban J connectivity index is 1.46. The highest BCUT2D eigenvalue weighted by Gasteiger charge is 2.52. The Hall–Kier alpha value is -3.54. The summed E-state index contributed by atoms with van der Waals surface area (Å²) >= 11 is 0. The van der Waals surface area contributed by atoms with Gasteiger partial charge in [0.1, 0.15) is 0 Å². The molecule has 0 atom stereocenters. The third-order valence-corrected chi connectivity index (χ3v) is 8.09. The molecule has 0 aliphatic heterocycles. The van der Waals surface area contributed by atoms with Crippen molar-refractivity contribution < 1.29 is 9.47 Å². The summed E-state index contributed by atoms with van der Waals surface area (Å²) < 4.78 is 12.9. The van der Waals surface area contributed by atoms with E-state index in [1.54, 1.807) is 30.3 Å². The van der Waals surface area contributed by atoms with Gasteiger partial charge in [0.05, 0.1) is 11.4 Å². The number of hydrogen-bond donors (Lipinski definition) is 4. The first kappa shape index (κ1) is 21.0. The van der Waals surface area contributed by atoms with Crippen LogP contribution in [-0.2, 0) is 5.41 Å². The summed E-state index contributed by atoms with van der Waals surface area (Å²) in [6, 6.07) is 16.8. The Bertz CT molecular complexity index is 1220. The molecular weight excluding hydrogens is 424 g/mol. The molecule has 0 unspecified atom stereocenters. The van der Waals surface area contributed by atoms with Gasteiger partial charge < -0.3 is 32.4 Å². The molecular formula is C28H32N4O2. The number of nitrogens with two attached hydrogens (primary N) is 4. The minimum atomic E-state index is 0.110. The lowest BCUT2D eigenvalue weighted by atomic mass is 9.48. The molecule has 0 aromatic heterocycles. The molecule has 4 bridgehead atoms. The molecule has 3 aromatic rings. The second kappa shape index (κ2) is 7.76. The minimum absolute atomic E-state index is 0.110. The number of anilines is 4. The molecule has 34 heavy (non-hydrogen) atoms. The van der Waals surface area contributed by atoms with Crippen LogP contribution in [0.25, 0.3) is 0 Å². The van der Waals surface area contributed by atoms with Crippen LogP contribution < -0.4 is 32.4 Å². The fourth-order valence-corrected chi connectivity index (χ4v) is 7.11. The molecule has 0 spiro atoms. The van der Waals surface area contributed by atoms with E-state index >= 15 is 0 Å². The van der Waals surface area contributed by atoms with Crippen molar-refractivity contribution in [2.24, 2.45) is 17.8 Å². The number of para-hydroxylation sites is 1. The van der Waals surface area contributed by atoms with Crippen LogP contribution in [0.4, 0.5) is 22.7 Å². The van der Waals surface area contributed by atoms with Gasteiger partial charge in [-0.05, 0) is 104 Å². The fourth-order valence-electron chi connectivity index (χ4n) is 7.11. The SMILES string of the molecule is Nc1ccc(Oc2cccc(C34CC5CC(CC(C5)C3)C4)c2Oc2ccc(N)cc2N)c(N)c1. The Labute approximate surface area is 200 Å². The lowest BCUT2D eigenvalue weighted by Gasteiger charge is -2.57. The highest BCUT2D eigenvalue weighted by Crippen LogP contribution is 2.63. The Kier molecular flexibility index (Phi) is 4.80. The summed E-state index contributed by atoms with van der Waals surface area (Å²) in [7, 11) is 0. The van der Waals surface area contributed by atoms with E-state index in [9.17, 15) is 0 Å². The van der Waals surface area contributed by atoms with Gasteiger partial charge in [0, 0.05) is 16.9 Å². The topological polar surface area (TPSA) is 123 Å². The summed E-state index contributed by atoms with van der Waals surface area (Å²) in [5.41, 5.74) is 27.8. The number of nitrogen functional groups attached to an aromatic ring is 4. The van der Waals surface area contributed by atoms with Gasteiger partial charge in [0.25, 0.3) is 0 Å². The molecule has 7 rings (SSSR count). The summed E-state index contributed by atoms with van der Waals surface area (Å²) in [5.74, 6) is 4.88. The number of hydrogen-bond acceptors (Lipinski definition) is 6. The van der Waals surface area contributed by atoms with Gasteiger partial charge in [0.2, 0.25) is 0 Å². The van der Waals surface area contributed by atoms with Gasteiger partial charge in [-0.2, -0.15) is 0 Å². The van der Waals surface area contributed by atoms with Gasteiger partial charge >= 0.3 is 0 Å². The van der Waals surface area contributed by atoms with Crippen LogP contribution in [0, 0.1) is 17.8 Å². The van der Waals surface area contributed by atoms with Crippen molar-refractivity contribution in [2.75, 3.05) is 22.9 Å². The van der Waals surface area contributed by atoms with Crippen LogP contribution in [-0.4, -0.2) is 0 Å². The largest absolute Gasteiger partial charge is 0.451 e. The maximum absolute atomic E-state index is 6.58. The first-order valence-corrected chi connectivity index (χ1v) is 12.2. The predicted molar refractivity (Wildman–Crippen MR) is 137 cm³/mol. The highest BCUT2D eigenvalue weighted by molar-refractivity contribution is 5.65. The summed E-state index contributed by atoms with van der Waals surface area (Å²) in [4.78, 5) is 0. The van der Waals surface area contributed by atoms with Crippen molar-refractivity contribution in [1.82, 2.24) is 0 Å². The third kappa shape index (κ3) is 3.58. The third-order valence-electron chi connectivity index (χ3n) is 8.09. The van der Waals surface area contributed by atoms with Crippen molar-refractivity contribution in [3.63, 3.8) is 0 Å². The summed E-state index contributed by atoms with van der Waals surface area (Å²) in [6.07, 6.45) is 7.75. The Morgan fingerprint density at radius 1 is 0.618 bits per heavy atom. The zero-order chi connectivity index (χ0) is 23.4. The van der Waals surface area contributed by atoms with Gasteiger partial charge in [0.15, 0.2) is 23.0 Å². The molecule has 4 fully saturated rings. The second-order valence-electron chi connectivity index (χ2n) is 10.6. The lowest BCUT2D eigenvalue weighted by Crippen LogP contribution is -2.48. The van der Waals surface area contributed by atoms with Crippen molar-refractivity contribution in [1.29, 1.82) is 0 Å². The molecule has 0 saturated heterocycles. The van der Waals surface area contributed by atoms with Crippen LogP contribution in [0.2, 0.25) is 0 Å². The predicted octanol–water partition coefficient (Wildman–Crippen LogP) is 6.07. The molecule has 0 radical (unpaired) electrons. The first-order chi connectivity index (χ1) is 16.4. The van der Waals surface area contributed by atoms with Crippen molar-refractivity contribution >= 4 is 22.7 Å². The Morgan fingerprint density at radius 3 is 1.68 bits per heavy atom. The molecule has 4 aliphatic carbocycles. The van der Waals surface area contributed by atoms with E-state index in [1.807, 2.05) is 12.1 Å². The van der Waals surface area contributed by atoms with Gasteiger partial charge in [-0.3, -0.25) is 0 Å². The zero-order valence-electron chi connectivity index (χ0n) is 19.3. The van der Waals surface area contributed by atoms with E-state index in [0.717, 1.165) is 23.5 Å². The van der Waals surface area contributed by atoms with Gasteiger partial charge in [-0.1, -0.05) is 12.1 Å². The van der Waals surface area contributed by atoms with E-state index in [0.29, 0.717) is 40.0 Å². The smallest absolute Gasteiger partial charge is 0.173 e. The molecule has 4 saturated carbocycles. The van der Waals surface area contributed by atoms with Crippen LogP contribution in [0.1, 0.15) is 44.1 Å². The monoisotopic (exact) mass is 456 g/mol. The zero-order valence-corrected chi connectivity index (χ0v) is 19.3. The molecule has 4 aliphatic rings. The normalized spacial score (nSPS) is 27.0. The minimum Gasteiger partial charge on any atom is -0.451 e. The van der Waals surface area contributed by atoms with Crippen LogP contribution in [0.5, 0.6) is 23.0 Å². The second-order valence-corrected chi connectivity index (χ2v) is 10.6. The maximum atomic E-state index is 6.58. The quantitative estimate of drug-likeness (QED) is 0.346. The average molecular weight is 457 g/mol.